The first-order chi connectivity index (χ1) is 17.3. The van der Waals surface area contributed by atoms with Crippen LogP contribution in [0.4, 0.5) is 13.2 Å². The number of ketones is 1. The fourth-order valence-electron chi connectivity index (χ4n) is 4.96. The Hall–Kier alpha value is -3.86. The first-order valence-corrected chi connectivity index (χ1v) is 11.9. The minimum atomic E-state index is -4.43. The number of pyridine rings is 1. The molecule has 0 amide bonds. The van der Waals surface area contributed by atoms with Gasteiger partial charge in [0.15, 0.2) is 11.6 Å². The summed E-state index contributed by atoms with van der Waals surface area (Å²) in [6.45, 7) is 5.84. The number of nitriles is 1. The molecule has 0 spiro atoms. The van der Waals surface area contributed by atoms with Crippen LogP contribution in [-0.2, 0) is 17.4 Å². The largest absolute Gasteiger partial charge is 0.416 e. The summed E-state index contributed by atoms with van der Waals surface area (Å²) >= 11 is 0. The molecule has 3 aromatic rings. The highest BCUT2D eigenvalue weighted by Crippen LogP contribution is 2.47. The van der Waals surface area contributed by atoms with Crippen LogP contribution in [0.2, 0.25) is 0 Å². The minimum absolute atomic E-state index is 0.00209. The number of benzene rings is 1. The summed E-state index contributed by atoms with van der Waals surface area (Å²) in [6, 6.07) is 10.5. The third-order valence-corrected chi connectivity index (χ3v) is 6.76. The van der Waals surface area contributed by atoms with Crippen molar-refractivity contribution in [2.45, 2.75) is 45.7 Å². The van der Waals surface area contributed by atoms with Gasteiger partial charge in [-0.25, -0.2) is 9.97 Å². The molecule has 2 aliphatic rings. The Morgan fingerprint density at radius 2 is 1.67 bits per heavy atom. The monoisotopic (exact) mass is 490 g/mol. The van der Waals surface area contributed by atoms with Gasteiger partial charge in [-0.3, -0.25) is 9.78 Å². The van der Waals surface area contributed by atoms with Crippen molar-refractivity contribution in [1.82, 2.24) is 15.0 Å². The van der Waals surface area contributed by atoms with Gasteiger partial charge < -0.3 is 0 Å². The zero-order chi connectivity index (χ0) is 26.0. The lowest BCUT2D eigenvalue weighted by molar-refractivity contribution is -0.137. The number of carbonyl (C=O) groups is 1. The van der Waals surface area contributed by atoms with Crippen molar-refractivity contribution < 1.29 is 18.0 Å². The Bertz CT molecular complexity index is 1340. The smallest absolute Gasteiger partial charge is 0.293 e. The van der Waals surface area contributed by atoms with Crippen LogP contribution in [0.5, 0.6) is 0 Å². The Morgan fingerprint density at radius 3 is 2.28 bits per heavy atom. The van der Waals surface area contributed by atoms with Crippen LogP contribution in [0.25, 0.3) is 22.6 Å². The van der Waals surface area contributed by atoms with E-state index in [0.717, 1.165) is 29.0 Å². The topological polar surface area (TPSA) is 79.5 Å². The highest BCUT2D eigenvalue weighted by Gasteiger charge is 2.42. The molecular formula is C28H25F3N4O. The SMILES string of the molecule is CC.CC1C(=O)C(C#N)=CC2c3nc(-c4ccncc4)nc(-c4ccc(C(F)(F)F)cc4)c3CCC12. The second-order valence-corrected chi connectivity index (χ2v) is 8.64. The highest BCUT2D eigenvalue weighted by atomic mass is 19.4. The molecule has 8 heteroatoms. The van der Waals surface area contributed by atoms with Gasteiger partial charge in [-0.05, 0) is 43.0 Å². The van der Waals surface area contributed by atoms with E-state index in [-0.39, 0.29) is 29.1 Å². The summed E-state index contributed by atoms with van der Waals surface area (Å²) in [4.78, 5) is 26.2. The second-order valence-electron chi connectivity index (χ2n) is 8.64. The predicted molar refractivity (Wildman–Crippen MR) is 129 cm³/mol. The third-order valence-electron chi connectivity index (χ3n) is 6.76. The van der Waals surface area contributed by atoms with Crippen molar-refractivity contribution in [3.63, 3.8) is 0 Å². The molecule has 3 unspecified atom stereocenters. The molecule has 0 saturated carbocycles. The van der Waals surface area contributed by atoms with Crippen molar-refractivity contribution in [3.05, 3.63) is 77.3 Å². The molecule has 2 aliphatic carbocycles. The number of aromatic nitrogens is 3. The molecule has 5 nitrogen and oxygen atoms in total. The van der Waals surface area contributed by atoms with Gasteiger partial charge in [-0.2, -0.15) is 18.4 Å². The average Bonchev–Trinajstić information content (AvgIpc) is 2.91. The normalized spacial score (nSPS) is 20.8. The zero-order valence-electron chi connectivity index (χ0n) is 20.2. The van der Waals surface area contributed by atoms with E-state index >= 15 is 0 Å². The maximum atomic E-state index is 13.1. The molecule has 0 aliphatic heterocycles. The number of allylic oxidation sites excluding steroid dienone is 2. The maximum absolute atomic E-state index is 13.1. The maximum Gasteiger partial charge on any atom is 0.416 e. The summed E-state index contributed by atoms with van der Waals surface area (Å²) < 4.78 is 39.3. The van der Waals surface area contributed by atoms with E-state index in [9.17, 15) is 23.2 Å². The number of hydrogen-bond donors (Lipinski definition) is 0. The number of rotatable bonds is 2. The molecule has 0 bridgehead atoms. The van der Waals surface area contributed by atoms with Gasteiger partial charge in [0.05, 0.1) is 22.5 Å². The van der Waals surface area contributed by atoms with Crippen molar-refractivity contribution >= 4 is 5.78 Å². The molecular weight excluding hydrogens is 465 g/mol. The Kier molecular flexibility index (Phi) is 7.02. The van der Waals surface area contributed by atoms with E-state index in [0.29, 0.717) is 29.9 Å². The summed E-state index contributed by atoms with van der Waals surface area (Å²) in [5, 5.41) is 9.50. The molecule has 0 fully saturated rings. The number of Topliss-reactive ketones (excluding diaryl/α,β-unsaturated/α-hetero) is 1. The molecule has 36 heavy (non-hydrogen) atoms. The number of halogens is 3. The van der Waals surface area contributed by atoms with Crippen LogP contribution in [-0.4, -0.2) is 20.7 Å². The standard InChI is InChI=1S/C26H19F3N4O.C2H6/c1-14-19-6-7-20-22(15-2-4-18(5-3-15)26(27,28)29)32-25(16-8-10-31-11-9-16)33-23(20)21(19)12-17(13-30)24(14)34;1-2/h2-5,8-12,14,19,21H,6-7H2,1H3;1-2H3. The summed E-state index contributed by atoms with van der Waals surface area (Å²) in [5.74, 6) is -0.293. The van der Waals surface area contributed by atoms with Crippen molar-refractivity contribution in [2.24, 2.45) is 11.8 Å². The summed E-state index contributed by atoms with van der Waals surface area (Å²) in [5.41, 5.74) is 2.81. The van der Waals surface area contributed by atoms with E-state index < -0.39 is 11.7 Å². The van der Waals surface area contributed by atoms with Gasteiger partial charge >= 0.3 is 6.18 Å². The molecule has 0 radical (unpaired) electrons. The van der Waals surface area contributed by atoms with E-state index in [4.69, 9.17) is 9.97 Å². The number of hydrogen-bond acceptors (Lipinski definition) is 5. The number of fused-ring (bicyclic) bond motifs is 3. The van der Waals surface area contributed by atoms with Crippen LogP contribution in [0, 0.1) is 23.2 Å². The molecule has 5 rings (SSSR count). The van der Waals surface area contributed by atoms with Crippen molar-refractivity contribution in [1.29, 1.82) is 5.26 Å². The number of carbonyl (C=O) groups excluding carboxylic acids is 1. The average molecular weight is 491 g/mol. The summed E-state index contributed by atoms with van der Waals surface area (Å²) in [6.07, 6.45) is 1.80. The Balaban J connectivity index is 0.00000148. The lowest BCUT2D eigenvalue weighted by Gasteiger charge is -2.38. The zero-order valence-corrected chi connectivity index (χ0v) is 20.2. The second kappa shape index (κ2) is 10.0. The van der Waals surface area contributed by atoms with Gasteiger partial charge in [0.2, 0.25) is 0 Å². The number of alkyl halides is 3. The van der Waals surface area contributed by atoms with Crippen LogP contribution >= 0.6 is 0 Å². The van der Waals surface area contributed by atoms with E-state index in [2.05, 4.69) is 4.98 Å². The molecule has 184 valence electrons. The van der Waals surface area contributed by atoms with Gasteiger partial charge in [-0.1, -0.05) is 39.0 Å². The van der Waals surface area contributed by atoms with Crippen LogP contribution in [0.1, 0.15) is 49.9 Å². The van der Waals surface area contributed by atoms with Crippen molar-refractivity contribution in [2.75, 3.05) is 0 Å². The Labute approximate surface area is 207 Å². The van der Waals surface area contributed by atoms with Gasteiger partial charge in [0.25, 0.3) is 0 Å². The predicted octanol–water partition coefficient (Wildman–Crippen LogP) is 6.57. The van der Waals surface area contributed by atoms with Gasteiger partial charge in [0, 0.05) is 40.9 Å². The molecule has 2 aromatic heterocycles. The Morgan fingerprint density at radius 1 is 1.00 bits per heavy atom. The quantitative estimate of drug-likeness (QED) is 0.406. The van der Waals surface area contributed by atoms with Gasteiger partial charge in [-0.15, -0.1) is 0 Å². The first-order valence-electron chi connectivity index (χ1n) is 11.9. The molecule has 0 N–H and O–H groups in total. The minimum Gasteiger partial charge on any atom is -0.293 e. The van der Waals surface area contributed by atoms with Gasteiger partial charge in [0.1, 0.15) is 6.07 Å². The molecule has 2 heterocycles. The fourth-order valence-corrected chi connectivity index (χ4v) is 4.96. The van der Waals surface area contributed by atoms with Crippen molar-refractivity contribution in [3.8, 4) is 28.7 Å². The van der Waals surface area contributed by atoms with Crippen LogP contribution < -0.4 is 0 Å². The molecule has 0 saturated heterocycles. The third kappa shape index (κ3) is 4.53. The summed E-state index contributed by atoms with van der Waals surface area (Å²) in [7, 11) is 0. The lowest BCUT2D eigenvalue weighted by Crippen LogP contribution is -2.35. The van der Waals surface area contributed by atoms with Crippen LogP contribution in [0.3, 0.4) is 0 Å². The molecule has 3 atom stereocenters. The van der Waals surface area contributed by atoms with Crippen LogP contribution in [0.15, 0.2) is 60.4 Å². The van der Waals surface area contributed by atoms with E-state index in [1.54, 1.807) is 30.6 Å². The lowest BCUT2D eigenvalue weighted by atomic mass is 9.66. The van der Waals surface area contributed by atoms with E-state index in [1.165, 1.54) is 12.1 Å². The molecule has 1 aromatic carbocycles. The highest BCUT2D eigenvalue weighted by molar-refractivity contribution is 6.01. The first kappa shape index (κ1) is 25.2. The van der Waals surface area contributed by atoms with E-state index in [1.807, 2.05) is 26.8 Å². The fraction of sp³-hybridized carbons (Fsp3) is 0.321. The number of nitrogens with zero attached hydrogens (tertiary/aromatic N) is 4.